The highest BCUT2D eigenvalue weighted by atomic mass is 16.1. The zero-order valence-electron chi connectivity index (χ0n) is 12.2. The molecule has 0 aliphatic heterocycles. The third kappa shape index (κ3) is 7.20. The molecule has 0 atom stereocenters. The van der Waals surface area contributed by atoms with Crippen molar-refractivity contribution in [1.82, 2.24) is 0 Å². The number of carbonyl (C=O) groups is 1. The molecule has 0 radical (unpaired) electrons. The molecule has 1 nitrogen and oxygen atoms in total. The van der Waals surface area contributed by atoms with Crippen LogP contribution in [-0.2, 0) is 17.6 Å². The van der Waals surface area contributed by atoms with Gasteiger partial charge in [-0.2, -0.15) is 0 Å². The Morgan fingerprint density at radius 2 is 1.32 bits per heavy atom. The molecule has 0 heterocycles. The molecule has 1 heteroatoms. The van der Waals surface area contributed by atoms with Crippen LogP contribution in [-0.4, -0.2) is 6.79 Å². The molecule has 0 spiro atoms. The van der Waals surface area contributed by atoms with E-state index in [0.717, 1.165) is 12.8 Å². The lowest BCUT2D eigenvalue weighted by molar-refractivity contribution is -0.0979. The first-order valence-electron chi connectivity index (χ1n) is 6.73. The lowest BCUT2D eigenvalue weighted by Gasteiger charge is -2.02. The summed E-state index contributed by atoms with van der Waals surface area (Å²) in [6.07, 6.45) is 2.26. The molecule has 2 rings (SSSR count). The summed E-state index contributed by atoms with van der Waals surface area (Å²) in [7, 11) is 0. The van der Waals surface area contributed by atoms with Crippen molar-refractivity contribution in [2.45, 2.75) is 33.6 Å². The van der Waals surface area contributed by atoms with Crippen LogP contribution in [0, 0.1) is 6.92 Å². The normalized spacial score (nSPS) is 8.58. The molecular formula is C18H24O. The van der Waals surface area contributed by atoms with Crippen molar-refractivity contribution in [3.05, 3.63) is 71.3 Å². The SMILES string of the molecule is C=O.CC.Cc1cccc(CCc2ccccc2)c1. The van der Waals surface area contributed by atoms with Crippen molar-refractivity contribution in [2.24, 2.45) is 0 Å². The van der Waals surface area contributed by atoms with Gasteiger partial charge >= 0.3 is 0 Å². The Morgan fingerprint density at radius 1 is 0.789 bits per heavy atom. The summed E-state index contributed by atoms with van der Waals surface area (Å²) in [5.41, 5.74) is 4.19. The van der Waals surface area contributed by atoms with E-state index in [1.54, 1.807) is 0 Å². The maximum atomic E-state index is 8.00. The summed E-state index contributed by atoms with van der Waals surface area (Å²) in [5, 5.41) is 0. The Labute approximate surface area is 117 Å². The fraction of sp³-hybridized carbons (Fsp3) is 0.278. The van der Waals surface area contributed by atoms with Gasteiger partial charge in [-0.25, -0.2) is 0 Å². The molecule has 102 valence electrons. The highest BCUT2D eigenvalue weighted by molar-refractivity contribution is 5.24. The predicted molar refractivity (Wildman–Crippen MR) is 83.5 cm³/mol. The Kier molecular flexibility index (Phi) is 10.1. The first-order valence-corrected chi connectivity index (χ1v) is 6.73. The lowest BCUT2D eigenvalue weighted by Crippen LogP contribution is -1.91. The number of hydrogen-bond acceptors (Lipinski definition) is 1. The molecule has 0 aliphatic carbocycles. The lowest BCUT2D eigenvalue weighted by atomic mass is 10.0. The molecule has 2 aromatic carbocycles. The average Bonchev–Trinajstić information content (AvgIpc) is 2.50. The zero-order valence-corrected chi connectivity index (χ0v) is 12.2. The van der Waals surface area contributed by atoms with Crippen molar-refractivity contribution in [1.29, 1.82) is 0 Å². The second-order valence-electron chi connectivity index (χ2n) is 3.97. The topological polar surface area (TPSA) is 17.1 Å². The average molecular weight is 256 g/mol. The first-order chi connectivity index (χ1) is 9.34. The summed E-state index contributed by atoms with van der Waals surface area (Å²) in [6.45, 7) is 8.14. The monoisotopic (exact) mass is 256 g/mol. The first kappa shape index (κ1) is 17.1. The third-order valence-electron chi connectivity index (χ3n) is 2.63. The predicted octanol–water partition coefficient (Wildman–Crippen LogP) is 4.62. The van der Waals surface area contributed by atoms with Gasteiger partial charge in [0.25, 0.3) is 0 Å². The summed E-state index contributed by atoms with van der Waals surface area (Å²) >= 11 is 0. The van der Waals surface area contributed by atoms with Gasteiger partial charge in [-0.1, -0.05) is 74.0 Å². The maximum absolute atomic E-state index is 8.00. The molecule has 0 aromatic heterocycles. The molecule has 0 aliphatic rings. The van der Waals surface area contributed by atoms with E-state index in [4.69, 9.17) is 4.79 Å². The molecule has 0 unspecified atom stereocenters. The van der Waals surface area contributed by atoms with Gasteiger partial charge in [0.1, 0.15) is 6.79 Å². The Hall–Kier alpha value is -1.89. The van der Waals surface area contributed by atoms with E-state index in [1.807, 2.05) is 20.6 Å². The highest BCUT2D eigenvalue weighted by Gasteiger charge is 1.95. The molecule has 2 aromatic rings. The maximum Gasteiger partial charge on any atom is 0.106 e. The van der Waals surface area contributed by atoms with Gasteiger partial charge in [-0.15, -0.1) is 0 Å². The van der Waals surface area contributed by atoms with E-state index in [-0.39, 0.29) is 0 Å². The summed E-state index contributed by atoms with van der Waals surface area (Å²) < 4.78 is 0. The second kappa shape index (κ2) is 11.2. The molecule has 19 heavy (non-hydrogen) atoms. The van der Waals surface area contributed by atoms with Crippen LogP contribution in [0.15, 0.2) is 54.6 Å². The molecule has 0 bridgehead atoms. The van der Waals surface area contributed by atoms with Crippen molar-refractivity contribution in [3.63, 3.8) is 0 Å². The summed E-state index contributed by atoms with van der Waals surface area (Å²) in [6, 6.07) is 19.4. The molecule has 0 saturated heterocycles. The van der Waals surface area contributed by atoms with Crippen molar-refractivity contribution >= 4 is 6.79 Å². The fourth-order valence-corrected chi connectivity index (χ4v) is 1.80. The Balaban J connectivity index is 0.000000741. The zero-order chi connectivity index (χ0) is 14.5. The van der Waals surface area contributed by atoms with Crippen molar-refractivity contribution in [2.75, 3.05) is 0 Å². The number of carbonyl (C=O) groups excluding carboxylic acids is 1. The van der Waals surface area contributed by atoms with Crippen LogP contribution in [0.25, 0.3) is 0 Å². The molecule has 0 saturated carbocycles. The fourth-order valence-electron chi connectivity index (χ4n) is 1.80. The summed E-state index contributed by atoms with van der Waals surface area (Å²) in [4.78, 5) is 8.00. The van der Waals surface area contributed by atoms with Gasteiger partial charge in [0.05, 0.1) is 0 Å². The van der Waals surface area contributed by atoms with Crippen molar-refractivity contribution in [3.8, 4) is 0 Å². The Morgan fingerprint density at radius 3 is 1.89 bits per heavy atom. The minimum Gasteiger partial charge on any atom is -0.307 e. The van der Waals surface area contributed by atoms with E-state index in [1.165, 1.54) is 16.7 Å². The third-order valence-corrected chi connectivity index (χ3v) is 2.63. The minimum absolute atomic E-state index is 1.13. The second-order valence-corrected chi connectivity index (χ2v) is 3.97. The Bertz CT molecular complexity index is 434. The van der Waals surface area contributed by atoms with Crippen LogP contribution in [0.3, 0.4) is 0 Å². The number of hydrogen-bond donors (Lipinski definition) is 0. The number of rotatable bonds is 3. The molecule has 0 N–H and O–H groups in total. The molecule has 0 fully saturated rings. The number of benzene rings is 2. The van der Waals surface area contributed by atoms with Gasteiger partial charge in [-0.3, -0.25) is 0 Å². The van der Waals surface area contributed by atoms with E-state index in [0.29, 0.717) is 0 Å². The van der Waals surface area contributed by atoms with E-state index >= 15 is 0 Å². The number of aryl methyl sites for hydroxylation is 3. The largest absolute Gasteiger partial charge is 0.307 e. The van der Waals surface area contributed by atoms with Crippen LogP contribution >= 0.6 is 0 Å². The van der Waals surface area contributed by atoms with E-state index in [2.05, 4.69) is 61.5 Å². The van der Waals surface area contributed by atoms with Gasteiger partial charge in [0.2, 0.25) is 0 Å². The van der Waals surface area contributed by atoms with E-state index < -0.39 is 0 Å². The smallest absolute Gasteiger partial charge is 0.106 e. The van der Waals surface area contributed by atoms with Gasteiger partial charge in [-0.05, 0) is 30.9 Å². The van der Waals surface area contributed by atoms with Crippen LogP contribution in [0.5, 0.6) is 0 Å². The van der Waals surface area contributed by atoms with Gasteiger partial charge < -0.3 is 4.79 Å². The molecular weight excluding hydrogens is 232 g/mol. The highest BCUT2D eigenvalue weighted by Crippen LogP contribution is 2.08. The van der Waals surface area contributed by atoms with Gasteiger partial charge in [0, 0.05) is 0 Å². The quantitative estimate of drug-likeness (QED) is 0.783. The van der Waals surface area contributed by atoms with Crippen LogP contribution in [0.2, 0.25) is 0 Å². The van der Waals surface area contributed by atoms with Crippen LogP contribution in [0.1, 0.15) is 30.5 Å². The standard InChI is InChI=1S/C15H16.C2H6.CH2O/c1-13-6-5-9-15(12-13)11-10-14-7-3-2-4-8-14;2*1-2/h2-9,12H,10-11H2,1H3;1-2H3;1H2. The van der Waals surface area contributed by atoms with Crippen molar-refractivity contribution < 1.29 is 4.79 Å². The minimum atomic E-state index is 1.13. The summed E-state index contributed by atoms with van der Waals surface area (Å²) in [5.74, 6) is 0. The van der Waals surface area contributed by atoms with E-state index in [9.17, 15) is 0 Å². The van der Waals surface area contributed by atoms with Crippen LogP contribution in [0.4, 0.5) is 0 Å². The van der Waals surface area contributed by atoms with Gasteiger partial charge in [0.15, 0.2) is 0 Å². The molecule has 0 amide bonds. The van der Waals surface area contributed by atoms with Crippen LogP contribution < -0.4 is 0 Å².